The van der Waals surface area contributed by atoms with Gasteiger partial charge >= 0.3 is 6.18 Å². The van der Waals surface area contributed by atoms with E-state index in [4.69, 9.17) is 4.74 Å². The summed E-state index contributed by atoms with van der Waals surface area (Å²) in [6.07, 6.45) is -1.66. The molecule has 1 saturated carbocycles. The first-order valence-electron chi connectivity index (χ1n) is 4.37. The fraction of sp³-hybridized carbons (Fsp3) is 0.444. The molecule has 0 N–H and O–H groups in total. The summed E-state index contributed by atoms with van der Waals surface area (Å²) < 4.78 is 43.2. The van der Waals surface area contributed by atoms with E-state index in [1.807, 2.05) is 0 Å². The Morgan fingerprint density at radius 1 is 1.40 bits per heavy atom. The molecule has 2 rings (SSSR count). The summed E-state index contributed by atoms with van der Waals surface area (Å²) in [5, 5.41) is 0. The van der Waals surface area contributed by atoms with Gasteiger partial charge in [0.25, 0.3) is 0 Å². The summed E-state index contributed by atoms with van der Waals surface area (Å²) in [7, 11) is 0. The second kappa shape index (κ2) is 3.80. The van der Waals surface area contributed by atoms with Crippen molar-refractivity contribution in [3.05, 3.63) is 21.5 Å². The van der Waals surface area contributed by atoms with Crippen molar-refractivity contribution in [2.45, 2.75) is 25.1 Å². The fourth-order valence-corrected chi connectivity index (χ4v) is 1.69. The molecule has 0 atom stereocenters. The largest absolute Gasteiger partial charge is 0.487 e. The average Bonchev–Trinajstić information content (AvgIpc) is 2.90. The Morgan fingerprint density at radius 2 is 2.07 bits per heavy atom. The van der Waals surface area contributed by atoms with Crippen LogP contribution in [-0.4, -0.2) is 11.1 Å². The van der Waals surface area contributed by atoms with Gasteiger partial charge in [0.2, 0.25) is 0 Å². The lowest BCUT2D eigenvalue weighted by molar-refractivity contribution is -0.139. The number of hydrogen-bond acceptors (Lipinski definition) is 2. The molecule has 0 aromatic carbocycles. The van der Waals surface area contributed by atoms with E-state index < -0.39 is 11.7 Å². The second-order valence-corrected chi connectivity index (χ2v) is 4.32. The van der Waals surface area contributed by atoms with Crippen LogP contribution in [0.15, 0.2) is 12.3 Å². The van der Waals surface area contributed by atoms with Crippen molar-refractivity contribution in [2.75, 3.05) is 0 Å². The summed E-state index contributed by atoms with van der Waals surface area (Å²) in [5.74, 6) is -0.131. The van der Waals surface area contributed by atoms with Crippen LogP contribution in [-0.2, 0) is 6.18 Å². The minimum absolute atomic E-state index is 0.0659. The van der Waals surface area contributed by atoms with Crippen molar-refractivity contribution in [3.8, 4) is 5.75 Å². The third-order valence-electron chi connectivity index (χ3n) is 1.98. The normalized spacial score (nSPS) is 16.5. The maximum absolute atomic E-state index is 12.6. The van der Waals surface area contributed by atoms with E-state index in [1.165, 1.54) is 0 Å². The minimum Gasteiger partial charge on any atom is -0.487 e. The molecule has 0 bridgehead atoms. The van der Waals surface area contributed by atoms with Crippen LogP contribution in [0, 0.1) is 3.70 Å². The van der Waals surface area contributed by atoms with Gasteiger partial charge in [-0.05, 0) is 41.5 Å². The van der Waals surface area contributed by atoms with Crippen molar-refractivity contribution >= 4 is 22.6 Å². The Hall–Kier alpha value is -0.530. The summed E-state index contributed by atoms with van der Waals surface area (Å²) >= 11 is 1.75. The predicted octanol–water partition coefficient (Wildman–Crippen LogP) is 3.25. The maximum atomic E-state index is 12.6. The lowest BCUT2D eigenvalue weighted by Crippen LogP contribution is -2.11. The molecule has 0 saturated heterocycles. The number of nitrogens with zero attached hydrogens (tertiary/aromatic N) is 1. The summed E-state index contributed by atoms with van der Waals surface area (Å²) in [6, 6.07) is 0.944. The van der Waals surface area contributed by atoms with Crippen LogP contribution in [0.25, 0.3) is 0 Å². The van der Waals surface area contributed by atoms with Gasteiger partial charge < -0.3 is 4.74 Å². The van der Waals surface area contributed by atoms with Gasteiger partial charge in [0, 0.05) is 6.20 Å². The Kier molecular flexibility index (Phi) is 2.78. The standard InChI is InChI=1S/C9H7F3INO/c10-9(11,12)6-3-4-14-8(13)7(6)15-5-1-2-5/h3-5H,1-2H2. The highest BCUT2D eigenvalue weighted by Gasteiger charge is 2.37. The van der Waals surface area contributed by atoms with E-state index in [2.05, 4.69) is 4.98 Å². The zero-order valence-electron chi connectivity index (χ0n) is 7.51. The third-order valence-corrected chi connectivity index (χ3v) is 2.74. The van der Waals surface area contributed by atoms with Crippen LogP contribution in [0.1, 0.15) is 18.4 Å². The van der Waals surface area contributed by atoms with Gasteiger partial charge in [0.05, 0.1) is 6.10 Å². The van der Waals surface area contributed by atoms with E-state index >= 15 is 0 Å². The number of alkyl halides is 3. The molecule has 1 aromatic heterocycles. The zero-order chi connectivity index (χ0) is 11.1. The average molecular weight is 329 g/mol. The van der Waals surface area contributed by atoms with Crippen molar-refractivity contribution in [3.63, 3.8) is 0 Å². The summed E-state index contributed by atoms with van der Waals surface area (Å²) in [5.41, 5.74) is -0.742. The molecule has 1 aliphatic rings. The number of pyridine rings is 1. The number of halogens is 4. The molecule has 0 radical (unpaired) electrons. The molecule has 0 amide bonds. The highest BCUT2D eigenvalue weighted by Crippen LogP contribution is 2.40. The van der Waals surface area contributed by atoms with Crippen LogP contribution in [0.4, 0.5) is 13.2 Å². The van der Waals surface area contributed by atoms with E-state index in [-0.39, 0.29) is 15.6 Å². The maximum Gasteiger partial charge on any atom is 0.420 e. The van der Waals surface area contributed by atoms with Crippen molar-refractivity contribution in [1.29, 1.82) is 0 Å². The Bertz CT molecular complexity index is 376. The lowest BCUT2D eigenvalue weighted by atomic mass is 10.2. The molecule has 0 spiro atoms. The van der Waals surface area contributed by atoms with Gasteiger partial charge in [-0.3, -0.25) is 0 Å². The van der Waals surface area contributed by atoms with Gasteiger partial charge in [-0.15, -0.1) is 0 Å². The topological polar surface area (TPSA) is 22.1 Å². The van der Waals surface area contributed by atoms with E-state index in [0.29, 0.717) is 0 Å². The molecule has 0 aliphatic heterocycles. The number of hydrogen-bond donors (Lipinski definition) is 0. The zero-order valence-corrected chi connectivity index (χ0v) is 9.67. The van der Waals surface area contributed by atoms with Crippen LogP contribution in [0.3, 0.4) is 0 Å². The summed E-state index contributed by atoms with van der Waals surface area (Å²) in [6.45, 7) is 0. The van der Waals surface area contributed by atoms with Crippen LogP contribution in [0.5, 0.6) is 5.75 Å². The van der Waals surface area contributed by atoms with E-state index in [0.717, 1.165) is 25.1 Å². The first-order chi connectivity index (χ1) is 6.98. The van der Waals surface area contributed by atoms with Gasteiger partial charge in [-0.25, -0.2) is 4.98 Å². The highest BCUT2D eigenvalue weighted by atomic mass is 127. The van der Waals surface area contributed by atoms with Gasteiger partial charge in [-0.1, -0.05) is 0 Å². The number of rotatable bonds is 2. The molecule has 6 heteroatoms. The van der Waals surface area contributed by atoms with Crippen LogP contribution in [0.2, 0.25) is 0 Å². The molecule has 2 nitrogen and oxygen atoms in total. The second-order valence-electron chi connectivity index (χ2n) is 3.29. The van der Waals surface area contributed by atoms with Gasteiger partial charge in [0.1, 0.15) is 9.26 Å². The van der Waals surface area contributed by atoms with E-state index in [9.17, 15) is 13.2 Å². The molecule has 82 valence electrons. The molecule has 1 aromatic rings. The fourth-order valence-electron chi connectivity index (χ4n) is 1.11. The molecule has 15 heavy (non-hydrogen) atoms. The number of ether oxygens (including phenoxy) is 1. The molecule has 0 unspecified atom stereocenters. The smallest absolute Gasteiger partial charge is 0.420 e. The highest BCUT2D eigenvalue weighted by molar-refractivity contribution is 14.1. The SMILES string of the molecule is FC(F)(F)c1ccnc(I)c1OC1CC1. The molecule has 1 heterocycles. The predicted molar refractivity (Wildman–Crippen MR) is 55.6 cm³/mol. The third kappa shape index (κ3) is 2.53. The molecule has 1 aliphatic carbocycles. The minimum atomic E-state index is -4.38. The Labute approximate surface area is 98.0 Å². The lowest BCUT2D eigenvalue weighted by Gasteiger charge is -2.14. The molecular formula is C9H7F3INO. The van der Waals surface area contributed by atoms with Crippen molar-refractivity contribution in [2.24, 2.45) is 0 Å². The Balaban J connectivity index is 2.38. The molecule has 1 fully saturated rings. The van der Waals surface area contributed by atoms with Crippen molar-refractivity contribution < 1.29 is 17.9 Å². The Morgan fingerprint density at radius 3 is 2.60 bits per heavy atom. The van der Waals surface area contributed by atoms with Gasteiger partial charge in [-0.2, -0.15) is 13.2 Å². The quantitative estimate of drug-likeness (QED) is 0.614. The first-order valence-corrected chi connectivity index (χ1v) is 5.44. The van der Waals surface area contributed by atoms with Crippen molar-refractivity contribution in [1.82, 2.24) is 4.98 Å². The van der Waals surface area contributed by atoms with Gasteiger partial charge in [0.15, 0.2) is 5.75 Å². The summed E-state index contributed by atoms with van der Waals surface area (Å²) in [4.78, 5) is 3.80. The van der Waals surface area contributed by atoms with Crippen LogP contribution >= 0.6 is 22.6 Å². The molecular weight excluding hydrogens is 322 g/mol. The van der Waals surface area contributed by atoms with Crippen LogP contribution < -0.4 is 4.74 Å². The first kappa shape index (κ1) is 11.0. The van der Waals surface area contributed by atoms with E-state index in [1.54, 1.807) is 22.6 Å². The number of aromatic nitrogens is 1. The monoisotopic (exact) mass is 329 g/mol.